The molecule has 92 valence electrons. The number of hydrogen-bond donors (Lipinski definition) is 1. The summed E-state index contributed by atoms with van der Waals surface area (Å²) in [4.78, 5) is 0. The molecule has 0 amide bonds. The second-order valence-electron chi connectivity index (χ2n) is 2.75. The first-order chi connectivity index (χ1) is 7.35. The lowest BCUT2D eigenvalue weighted by Gasteiger charge is -2.16. The second-order valence-corrected chi connectivity index (χ2v) is 2.75. The minimum Gasteiger partial charge on any atom is -0.391 e. The van der Waals surface area contributed by atoms with Crippen molar-refractivity contribution in [3.8, 4) is 0 Å². The predicted octanol–water partition coefficient (Wildman–Crippen LogP) is 0.411. The van der Waals surface area contributed by atoms with E-state index in [0.29, 0.717) is 39.6 Å². The average molecular weight is 222 g/mol. The Hall–Kier alpha value is -0.200. The summed E-state index contributed by atoms with van der Waals surface area (Å²) in [6.07, 6.45) is -0.578. The van der Waals surface area contributed by atoms with E-state index in [1.54, 1.807) is 0 Å². The van der Waals surface area contributed by atoms with Crippen molar-refractivity contribution in [2.24, 2.45) is 0 Å². The van der Waals surface area contributed by atoms with Crippen molar-refractivity contribution in [2.45, 2.75) is 20.1 Å². The number of aliphatic hydroxyl groups excluding tert-OH is 1. The monoisotopic (exact) mass is 222 g/mol. The highest BCUT2D eigenvalue weighted by Gasteiger charge is 2.06. The lowest BCUT2D eigenvalue weighted by molar-refractivity contribution is -0.174. The quantitative estimate of drug-likeness (QED) is 0.405. The molecule has 0 aromatic heterocycles. The molecule has 0 unspecified atom stereocenters. The van der Waals surface area contributed by atoms with Crippen LogP contribution < -0.4 is 0 Å². The Morgan fingerprint density at radius 1 is 0.867 bits per heavy atom. The molecule has 0 saturated carbocycles. The molecule has 0 aliphatic heterocycles. The summed E-state index contributed by atoms with van der Waals surface area (Å²) in [5, 5.41) is 8.91. The van der Waals surface area contributed by atoms with E-state index < -0.39 is 6.29 Å². The van der Waals surface area contributed by atoms with Gasteiger partial charge in [-0.05, 0) is 13.8 Å². The highest BCUT2D eigenvalue weighted by molar-refractivity contribution is 4.41. The largest absolute Gasteiger partial charge is 0.391 e. The van der Waals surface area contributed by atoms with Crippen molar-refractivity contribution in [1.82, 2.24) is 0 Å². The Bertz CT molecular complexity index is 108. The summed E-state index contributed by atoms with van der Waals surface area (Å²) in [6.45, 7) is 6.89. The zero-order valence-electron chi connectivity index (χ0n) is 9.61. The number of ether oxygens (including phenoxy) is 4. The van der Waals surface area contributed by atoms with E-state index in [0.717, 1.165) is 0 Å². The zero-order valence-corrected chi connectivity index (χ0v) is 9.61. The van der Waals surface area contributed by atoms with Crippen molar-refractivity contribution in [2.75, 3.05) is 46.2 Å². The van der Waals surface area contributed by atoms with Gasteiger partial charge < -0.3 is 24.1 Å². The molecule has 5 heteroatoms. The highest BCUT2D eigenvalue weighted by atomic mass is 16.7. The summed E-state index contributed by atoms with van der Waals surface area (Å²) in [5.41, 5.74) is 0. The lowest BCUT2D eigenvalue weighted by atomic mass is 10.6. The molecule has 0 radical (unpaired) electrons. The predicted molar refractivity (Wildman–Crippen MR) is 55.8 cm³/mol. The third-order valence-corrected chi connectivity index (χ3v) is 1.62. The summed E-state index contributed by atoms with van der Waals surface area (Å²) >= 11 is 0. The van der Waals surface area contributed by atoms with E-state index in [1.807, 2.05) is 13.8 Å². The fourth-order valence-electron chi connectivity index (χ4n) is 0.919. The smallest absolute Gasteiger partial charge is 0.180 e. The third-order valence-electron chi connectivity index (χ3n) is 1.62. The Morgan fingerprint density at radius 3 is 1.67 bits per heavy atom. The van der Waals surface area contributed by atoms with E-state index in [-0.39, 0.29) is 6.61 Å². The molecule has 0 spiro atoms. The number of hydrogen-bond acceptors (Lipinski definition) is 5. The summed E-state index contributed by atoms with van der Waals surface area (Å²) in [6, 6.07) is 0. The molecule has 15 heavy (non-hydrogen) atoms. The van der Waals surface area contributed by atoms with Crippen LogP contribution in [0.2, 0.25) is 0 Å². The van der Waals surface area contributed by atoms with Crippen molar-refractivity contribution >= 4 is 0 Å². The standard InChI is InChI=1S/C10H22O5/c1-3-12-5-7-14-10(9-11)15-8-6-13-4-2/h10-11H,3-9H2,1-2H3. The molecule has 0 saturated heterocycles. The highest BCUT2D eigenvalue weighted by Crippen LogP contribution is 1.94. The molecular weight excluding hydrogens is 200 g/mol. The van der Waals surface area contributed by atoms with Crippen molar-refractivity contribution in [1.29, 1.82) is 0 Å². The Balaban J connectivity index is 3.29. The SMILES string of the molecule is CCOCCOC(CO)OCCOCC. The van der Waals surface area contributed by atoms with Gasteiger partial charge in [0.2, 0.25) is 0 Å². The molecule has 0 atom stereocenters. The van der Waals surface area contributed by atoms with Crippen LogP contribution in [0.25, 0.3) is 0 Å². The van der Waals surface area contributed by atoms with Crippen LogP contribution in [0.15, 0.2) is 0 Å². The van der Waals surface area contributed by atoms with Crippen molar-refractivity contribution < 1.29 is 24.1 Å². The summed E-state index contributed by atoms with van der Waals surface area (Å²) in [5.74, 6) is 0. The molecule has 0 rings (SSSR count). The number of aliphatic hydroxyl groups is 1. The van der Waals surface area contributed by atoms with Crippen LogP contribution in [0.4, 0.5) is 0 Å². The van der Waals surface area contributed by atoms with E-state index in [1.165, 1.54) is 0 Å². The van der Waals surface area contributed by atoms with E-state index >= 15 is 0 Å². The van der Waals surface area contributed by atoms with Crippen LogP contribution in [0.3, 0.4) is 0 Å². The molecule has 0 aliphatic carbocycles. The average Bonchev–Trinajstić information content (AvgIpc) is 2.27. The topological polar surface area (TPSA) is 57.2 Å². The minimum absolute atomic E-state index is 0.155. The van der Waals surface area contributed by atoms with Gasteiger partial charge in [-0.1, -0.05) is 0 Å². The number of rotatable bonds is 11. The van der Waals surface area contributed by atoms with Gasteiger partial charge in [0.25, 0.3) is 0 Å². The van der Waals surface area contributed by atoms with Crippen molar-refractivity contribution in [3.63, 3.8) is 0 Å². The zero-order chi connectivity index (χ0) is 11.4. The van der Waals surface area contributed by atoms with Gasteiger partial charge in [0.1, 0.15) is 0 Å². The third kappa shape index (κ3) is 10.1. The van der Waals surface area contributed by atoms with Gasteiger partial charge in [-0.2, -0.15) is 0 Å². The maximum Gasteiger partial charge on any atom is 0.180 e. The van der Waals surface area contributed by atoms with Gasteiger partial charge >= 0.3 is 0 Å². The first kappa shape index (κ1) is 14.8. The van der Waals surface area contributed by atoms with Gasteiger partial charge in [-0.15, -0.1) is 0 Å². The van der Waals surface area contributed by atoms with Gasteiger partial charge in [0.05, 0.1) is 33.0 Å². The van der Waals surface area contributed by atoms with E-state index in [4.69, 9.17) is 24.1 Å². The van der Waals surface area contributed by atoms with Crippen molar-refractivity contribution in [3.05, 3.63) is 0 Å². The van der Waals surface area contributed by atoms with E-state index in [9.17, 15) is 0 Å². The molecule has 0 aliphatic rings. The minimum atomic E-state index is -0.578. The van der Waals surface area contributed by atoms with Gasteiger partial charge in [0.15, 0.2) is 6.29 Å². The second kappa shape index (κ2) is 11.9. The molecule has 5 nitrogen and oxygen atoms in total. The van der Waals surface area contributed by atoms with Crippen LogP contribution >= 0.6 is 0 Å². The molecule has 0 fully saturated rings. The molecule has 1 N–H and O–H groups in total. The van der Waals surface area contributed by atoms with Crippen LogP contribution in [0.1, 0.15) is 13.8 Å². The first-order valence-corrected chi connectivity index (χ1v) is 5.34. The molecule has 0 heterocycles. The van der Waals surface area contributed by atoms with E-state index in [2.05, 4.69) is 0 Å². The molecule has 0 aromatic carbocycles. The Kier molecular flexibility index (Phi) is 11.7. The van der Waals surface area contributed by atoms with Crippen LogP contribution in [0.5, 0.6) is 0 Å². The fraction of sp³-hybridized carbons (Fsp3) is 1.00. The lowest BCUT2D eigenvalue weighted by Crippen LogP contribution is -2.25. The van der Waals surface area contributed by atoms with Gasteiger partial charge in [-0.3, -0.25) is 0 Å². The molecule has 0 aromatic rings. The summed E-state index contributed by atoms with van der Waals surface area (Å²) < 4.78 is 20.6. The summed E-state index contributed by atoms with van der Waals surface area (Å²) in [7, 11) is 0. The molecular formula is C10H22O5. The maximum atomic E-state index is 8.91. The Morgan fingerprint density at radius 2 is 1.33 bits per heavy atom. The maximum absolute atomic E-state index is 8.91. The van der Waals surface area contributed by atoms with Gasteiger partial charge in [0, 0.05) is 13.2 Å². The van der Waals surface area contributed by atoms with Crippen LogP contribution in [-0.2, 0) is 18.9 Å². The normalized spacial score (nSPS) is 11.2. The Labute approximate surface area is 91.3 Å². The van der Waals surface area contributed by atoms with Crippen LogP contribution in [0, 0.1) is 0 Å². The molecule has 0 bridgehead atoms. The fourth-order valence-corrected chi connectivity index (χ4v) is 0.919. The first-order valence-electron chi connectivity index (χ1n) is 5.34. The van der Waals surface area contributed by atoms with Gasteiger partial charge in [-0.25, -0.2) is 0 Å². The van der Waals surface area contributed by atoms with Crippen LogP contribution in [-0.4, -0.2) is 57.6 Å².